The Morgan fingerprint density at radius 3 is 2.35 bits per heavy atom. The fourth-order valence-electron chi connectivity index (χ4n) is 4.68. The van der Waals surface area contributed by atoms with Gasteiger partial charge in [0.1, 0.15) is 24.1 Å². The van der Waals surface area contributed by atoms with E-state index in [0.717, 1.165) is 36.8 Å². The Kier molecular flexibility index (Phi) is 7.04. The smallest absolute Gasteiger partial charge is 0.330 e. The molecule has 1 spiro atoms. The number of esters is 1. The average Bonchev–Trinajstić information content (AvgIpc) is 3.41. The lowest BCUT2D eigenvalue weighted by molar-refractivity contribution is -0.164. The monoisotopic (exact) mass is 504 g/mol. The third-order valence-electron chi connectivity index (χ3n) is 6.47. The molecule has 3 fully saturated rings. The van der Waals surface area contributed by atoms with Gasteiger partial charge in [-0.2, -0.15) is 8.42 Å². The molecule has 0 radical (unpaired) electrons. The minimum Gasteiger partial charge on any atom is -0.459 e. The summed E-state index contributed by atoms with van der Waals surface area (Å²) >= 11 is 1.72. The second-order valence-electron chi connectivity index (χ2n) is 8.84. The van der Waals surface area contributed by atoms with E-state index in [-0.39, 0.29) is 33.5 Å². The molecule has 182 valence electrons. The van der Waals surface area contributed by atoms with Crippen molar-refractivity contribution in [1.82, 2.24) is 4.90 Å². The van der Waals surface area contributed by atoms with Gasteiger partial charge in [0.15, 0.2) is 0 Å². The van der Waals surface area contributed by atoms with Crippen LogP contribution < -0.4 is 5.73 Å². The molecular formula is C24H28N2O6S2. The van der Waals surface area contributed by atoms with Crippen LogP contribution in [0.5, 0.6) is 0 Å². The number of β-lactam (4-membered cyclic amide) rings is 1. The van der Waals surface area contributed by atoms with Crippen LogP contribution in [-0.2, 0) is 31.1 Å². The van der Waals surface area contributed by atoms with Crippen molar-refractivity contribution in [3.8, 4) is 0 Å². The van der Waals surface area contributed by atoms with E-state index < -0.39 is 22.2 Å². The molecule has 0 aromatic heterocycles. The number of aryl methyl sites for hydroxylation is 1. The van der Waals surface area contributed by atoms with Gasteiger partial charge in [0.25, 0.3) is 10.1 Å². The van der Waals surface area contributed by atoms with Crippen LogP contribution in [0.3, 0.4) is 0 Å². The minimum atomic E-state index is -4.02. The molecule has 34 heavy (non-hydrogen) atoms. The molecule has 1 amide bonds. The predicted octanol–water partition coefficient (Wildman–Crippen LogP) is 2.90. The Labute approximate surface area is 203 Å². The van der Waals surface area contributed by atoms with Gasteiger partial charge < -0.3 is 15.4 Å². The lowest BCUT2D eigenvalue weighted by atomic mass is 9.92. The van der Waals surface area contributed by atoms with Gasteiger partial charge in [-0.3, -0.25) is 9.35 Å². The van der Waals surface area contributed by atoms with E-state index in [9.17, 15) is 18.0 Å². The number of benzene rings is 2. The lowest BCUT2D eigenvalue weighted by Crippen LogP contribution is -2.69. The van der Waals surface area contributed by atoms with Crippen LogP contribution in [0.2, 0.25) is 0 Å². The topological polar surface area (TPSA) is 127 Å². The van der Waals surface area contributed by atoms with Crippen LogP contribution in [0, 0.1) is 6.92 Å². The van der Waals surface area contributed by atoms with Crippen LogP contribution in [-0.4, -0.2) is 52.0 Å². The summed E-state index contributed by atoms with van der Waals surface area (Å²) in [6, 6.07) is 14.7. The van der Waals surface area contributed by atoms with E-state index in [0.29, 0.717) is 0 Å². The molecule has 2 aromatic carbocycles. The molecular weight excluding hydrogens is 476 g/mol. The first-order valence-corrected chi connectivity index (χ1v) is 13.4. The summed E-state index contributed by atoms with van der Waals surface area (Å²) in [4.78, 5) is 26.5. The Bertz CT molecular complexity index is 1150. The van der Waals surface area contributed by atoms with Crippen LogP contribution >= 0.6 is 11.8 Å². The first-order chi connectivity index (χ1) is 16.1. The summed E-state index contributed by atoms with van der Waals surface area (Å²) in [6.07, 6.45) is 4.10. The quantitative estimate of drug-likeness (QED) is 0.370. The SMILES string of the molecule is Cc1ccc(S(=O)(=O)O)cc1.NC1C(=O)N2C(C(=O)OCc3ccccc3)C3(CCCC3)S[C@@H]12. The molecule has 2 aliphatic heterocycles. The molecule has 2 heterocycles. The number of ether oxygens (including phenoxy) is 1. The molecule has 3 atom stereocenters. The highest BCUT2D eigenvalue weighted by atomic mass is 32.2. The first-order valence-electron chi connectivity index (χ1n) is 11.1. The second kappa shape index (κ2) is 9.69. The van der Waals surface area contributed by atoms with Gasteiger partial charge >= 0.3 is 5.97 Å². The largest absolute Gasteiger partial charge is 0.459 e. The normalized spacial score (nSPS) is 24.7. The highest BCUT2D eigenvalue weighted by molar-refractivity contribution is 8.01. The molecule has 1 aliphatic carbocycles. The van der Waals surface area contributed by atoms with Gasteiger partial charge in [0, 0.05) is 4.75 Å². The van der Waals surface area contributed by atoms with Crippen molar-refractivity contribution in [2.75, 3.05) is 0 Å². The average molecular weight is 505 g/mol. The maximum Gasteiger partial charge on any atom is 0.330 e. The third kappa shape index (κ3) is 4.86. The van der Waals surface area contributed by atoms with Crippen LogP contribution in [0.25, 0.3) is 0 Å². The lowest BCUT2D eigenvalue weighted by Gasteiger charge is -2.42. The standard InChI is InChI=1S/C17H20N2O3S.C7H8O3S/c18-12-14(20)19-13(17(23-15(12)19)8-4-5-9-17)16(21)22-10-11-6-2-1-3-7-11;1-6-2-4-7(5-3-6)11(8,9)10/h1-3,6-7,12-13,15H,4-5,8-10,18H2;2-5H,1H3,(H,8,9,10)/t12?,13?,15-;/m0./s1. The summed E-state index contributed by atoms with van der Waals surface area (Å²) in [5.74, 6) is -0.404. The molecule has 2 unspecified atom stereocenters. The van der Waals surface area contributed by atoms with E-state index in [4.69, 9.17) is 15.0 Å². The predicted molar refractivity (Wildman–Crippen MR) is 128 cm³/mol. The Morgan fingerprint density at radius 2 is 1.76 bits per heavy atom. The number of nitrogens with two attached hydrogens (primary N) is 1. The summed E-state index contributed by atoms with van der Waals surface area (Å²) in [5, 5.41) is -0.0603. The van der Waals surface area contributed by atoms with Crippen molar-refractivity contribution in [3.05, 3.63) is 65.7 Å². The molecule has 3 N–H and O–H groups in total. The number of hydrogen-bond donors (Lipinski definition) is 2. The molecule has 8 nitrogen and oxygen atoms in total. The Balaban J connectivity index is 0.000000210. The number of rotatable bonds is 4. The van der Waals surface area contributed by atoms with Gasteiger partial charge in [-0.25, -0.2) is 4.79 Å². The summed E-state index contributed by atoms with van der Waals surface area (Å²) in [7, 11) is -4.02. The highest BCUT2D eigenvalue weighted by Crippen LogP contribution is 2.57. The van der Waals surface area contributed by atoms with Crippen molar-refractivity contribution >= 4 is 33.8 Å². The van der Waals surface area contributed by atoms with Gasteiger partial charge in [0.2, 0.25) is 5.91 Å². The number of hydrogen-bond acceptors (Lipinski definition) is 7. The summed E-state index contributed by atoms with van der Waals surface area (Å²) in [5.41, 5.74) is 7.83. The van der Waals surface area contributed by atoms with Gasteiger partial charge in [-0.1, -0.05) is 60.9 Å². The van der Waals surface area contributed by atoms with E-state index in [1.807, 2.05) is 37.3 Å². The van der Waals surface area contributed by atoms with Crippen LogP contribution in [0.4, 0.5) is 0 Å². The molecule has 1 saturated carbocycles. The Hall–Kier alpha value is -2.40. The van der Waals surface area contributed by atoms with E-state index in [1.165, 1.54) is 12.1 Å². The Morgan fingerprint density at radius 1 is 1.15 bits per heavy atom. The maximum absolute atomic E-state index is 12.8. The molecule has 2 aromatic rings. The zero-order valence-electron chi connectivity index (χ0n) is 18.8. The zero-order valence-corrected chi connectivity index (χ0v) is 20.4. The molecule has 0 bridgehead atoms. The number of fused-ring (bicyclic) bond motifs is 1. The van der Waals surface area contributed by atoms with E-state index in [1.54, 1.807) is 28.8 Å². The zero-order chi connectivity index (χ0) is 24.5. The summed E-state index contributed by atoms with van der Waals surface area (Å²) < 4.78 is 34.9. The molecule has 2 saturated heterocycles. The fraction of sp³-hybridized carbons (Fsp3) is 0.417. The number of thioether (sulfide) groups is 1. The van der Waals surface area contributed by atoms with Crippen molar-refractivity contribution in [2.24, 2.45) is 5.73 Å². The second-order valence-corrected chi connectivity index (χ2v) is 11.8. The summed E-state index contributed by atoms with van der Waals surface area (Å²) in [6.45, 7) is 2.09. The van der Waals surface area contributed by atoms with Crippen molar-refractivity contribution in [1.29, 1.82) is 0 Å². The first kappa shape index (κ1) is 24.7. The maximum atomic E-state index is 12.8. The van der Waals surface area contributed by atoms with E-state index in [2.05, 4.69) is 0 Å². The number of carbonyl (C=O) groups excluding carboxylic acids is 2. The number of nitrogens with zero attached hydrogens (tertiary/aromatic N) is 1. The number of amides is 1. The van der Waals surface area contributed by atoms with Crippen molar-refractivity contribution in [3.63, 3.8) is 0 Å². The van der Waals surface area contributed by atoms with Crippen molar-refractivity contribution < 1.29 is 27.3 Å². The fourth-order valence-corrected chi connectivity index (χ4v) is 7.11. The molecule has 5 rings (SSSR count). The third-order valence-corrected chi connectivity index (χ3v) is 9.20. The molecule has 10 heteroatoms. The van der Waals surface area contributed by atoms with Crippen LogP contribution in [0.15, 0.2) is 59.5 Å². The van der Waals surface area contributed by atoms with Gasteiger partial charge in [-0.05, 0) is 37.5 Å². The van der Waals surface area contributed by atoms with Gasteiger partial charge in [-0.15, -0.1) is 11.8 Å². The van der Waals surface area contributed by atoms with Crippen molar-refractivity contribution in [2.45, 2.75) is 66.3 Å². The minimum absolute atomic E-state index is 0.0603. The number of carbonyl (C=O) groups is 2. The van der Waals surface area contributed by atoms with E-state index >= 15 is 0 Å². The van der Waals surface area contributed by atoms with Crippen LogP contribution in [0.1, 0.15) is 36.8 Å². The van der Waals surface area contributed by atoms with Gasteiger partial charge in [0.05, 0.1) is 4.90 Å². The molecule has 3 aliphatic rings. The highest BCUT2D eigenvalue weighted by Gasteiger charge is 2.66.